The first-order valence-corrected chi connectivity index (χ1v) is 12.6. The molecule has 0 aromatic heterocycles. The van der Waals surface area contributed by atoms with Crippen LogP contribution in [0.3, 0.4) is 0 Å². The van der Waals surface area contributed by atoms with Crippen LogP contribution in [-0.2, 0) is 15.6 Å². The van der Waals surface area contributed by atoms with Gasteiger partial charge < -0.3 is 5.11 Å². The van der Waals surface area contributed by atoms with Crippen molar-refractivity contribution >= 4 is 29.5 Å². The van der Waals surface area contributed by atoms with Crippen LogP contribution in [0.5, 0.6) is 0 Å². The molecule has 0 bridgehead atoms. The molecule has 1 aliphatic rings. The van der Waals surface area contributed by atoms with Crippen molar-refractivity contribution in [2.45, 2.75) is 106 Å². The number of hydrogen-bond donors (Lipinski definition) is 1. The van der Waals surface area contributed by atoms with Crippen LogP contribution in [0.2, 0.25) is 0 Å². The van der Waals surface area contributed by atoms with Gasteiger partial charge in [0.2, 0.25) is 0 Å². The number of carboxylic acids is 1. The first kappa shape index (κ1) is 23.7. The van der Waals surface area contributed by atoms with E-state index in [1.54, 1.807) is 11.8 Å². The molecule has 0 amide bonds. The summed E-state index contributed by atoms with van der Waals surface area (Å²) in [5, 5.41) is 10.1. The third-order valence-electron chi connectivity index (χ3n) is 5.49. The van der Waals surface area contributed by atoms with Crippen molar-refractivity contribution < 1.29 is 9.90 Å². The molecular weight excluding hydrogens is 384 g/mol. The Bertz CT molecular complexity index is 623. The van der Waals surface area contributed by atoms with Crippen molar-refractivity contribution in [2.75, 3.05) is 5.75 Å². The molecule has 158 valence electrons. The van der Waals surface area contributed by atoms with E-state index in [1.165, 1.54) is 48.1 Å². The Labute approximate surface area is 180 Å². The van der Waals surface area contributed by atoms with E-state index in [0.29, 0.717) is 10.5 Å². The summed E-state index contributed by atoms with van der Waals surface area (Å²) in [6.07, 6.45) is 7.40. The topological polar surface area (TPSA) is 37.3 Å². The number of hydrogen-bond acceptors (Lipinski definition) is 3. The molecule has 1 aromatic carbocycles. The largest absolute Gasteiger partial charge is 0.481 e. The summed E-state index contributed by atoms with van der Waals surface area (Å²) >= 11 is 3.65. The third kappa shape index (κ3) is 7.33. The Balaban J connectivity index is 2.31. The second-order valence-electron chi connectivity index (χ2n) is 10.1. The second-order valence-corrected chi connectivity index (χ2v) is 12.7. The second kappa shape index (κ2) is 9.93. The number of carboxylic acid groups (broad SMARTS) is 1. The molecule has 0 spiro atoms. The molecule has 1 aliphatic carbocycles. The number of rotatable bonds is 5. The molecular formula is C24H38O2S2. The third-order valence-corrected chi connectivity index (χ3v) is 8.44. The van der Waals surface area contributed by atoms with E-state index >= 15 is 0 Å². The summed E-state index contributed by atoms with van der Waals surface area (Å²) in [5.74, 6) is -0.475. The van der Waals surface area contributed by atoms with Crippen LogP contribution < -0.4 is 0 Å². The van der Waals surface area contributed by atoms with Gasteiger partial charge in [-0.25, -0.2) is 0 Å². The minimum atomic E-state index is -0.694. The van der Waals surface area contributed by atoms with Crippen LogP contribution in [0.4, 0.5) is 0 Å². The van der Waals surface area contributed by atoms with Gasteiger partial charge in [-0.2, -0.15) is 0 Å². The van der Waals surface area contributed by atoms with Gasteiger partial charge in [-0.15, -0.1) is 23.5 Å². The zero-order valence-corrected chi connectivity index (χ0v) is 20.1. The average molecular weight is 423 g/mol. The molecule has 0 heterocycles. The van der Waals surface area contributed by atoms with Crippen LogP contribution >= 0.6 is 23.5 Å². The standard InChI is InChI=1S/C24H38O2S2/c1-23(2,3)17-13-18(24(4,5)6)15-19(14-17)28-21-12-10-8-7-9-11-20(21)27-16-22(25)26/h13-15,20-21H,7-12,16H2,1-6H3,(H,25,26)/t20-,21-/m0/s1. The maximum Gasteiger partial charge on any atom is 0.313 e. The maximum absolute atomic E-state index is 11.1. The highest BCUT2D eigenvalue weighted by molar-refractivity contribution is 8.04. The number of thioether (sulfide) groups is 2. The maximum atomic E-state index is 11.1. The van der Waals surface area contributed by atoms with Gasteiger partial charge in [0.05, 0.1) is 5.75 Å². The molecule has 1 N–H and O–H groups in total. The first-order chi connectivity index (χ1) is 13.0. The van der Waals surface area contributed by atoms with Crippen LogP contribution in [0.1, 0.15) is 91.2 Å². The van der Waals surface area contributed by atoms with Gasteiger partial charge in [-0.3, -0.25) is 4.79 Å². The fraction of sp³-hybridized carbons (Fsp3) is 0.708. The quantitative estimate of drug-likeness (QED) is 0.541. The summed E-state index contributed by atoms with van der Waals surface area (Å²) in [4.78, 5) is 12.5. The van der Waals surface area contributed by atoms with E-state index in [9.17, 15) is 9.90 Å². The lowest BCUT2D eigenvalue weighted by molar-refractivity contribution is -0.133. The van der Waals surface area contributed by atoms with Gasteiger partial charge >= 0.3 is 5.97 Å². The van der Waals surface area contributed by atoms with Crippen molar-refractivity contribution in [3.8, 4) is 0 Å². The van der Waals surface area contributed by atoms with Crippen molar-refractivity contribution in [1.82, 2.24) is 0 Å². The van der Waals surface area contributed by atoms with Crippen molar-refractivity contribution in [1.29, 1.82) is 0 Å². The highest BCUT2D eigenvalue weighted by Crippen LogP contribution is 2.40. The molecule has 4 heteroatoms. The minimum Gasteiger partial charge on any atom is -0.481 e. The van der Waals surface area contributed by atoms with E-state index in [-0.39, 0.29) is 16.6 Å². The zero-order valence-electron chi connectivity index (χ0n) is 18.5. The van der Waals surface area contributed by atoms with Crippen LogP contribution in [0.25, 0.3) is 0 Å². The minimum absolute atomic E-state index is 0.120. The highest BCUT2D eigenvalue weighted by Gasteiger charge is 2.27. The molecule has 28 heavy (non-hydrogen) atoms. The van der Waals surface area contributed by atoms with Gasteiger partial charge in [-0.1, -0.05) is 73.3 Å². The van der Waals surface area contributed by atoms with Gasteiger partial charge in [0.1, 0.15) is 0 Å². The fourth-order valence-electron chi connectivity index (χ4n) is 3.63. The van der Waals surface area contributed by atoms with Crippen LogP contribution in [0, 0.1) is 0 Å². The van der Waals surface area contributed by atoms with E-state index in [1.807, 2.05) is 11.8 Å². The molecule has 0 unspecified atom stereocenters. The van der Waals surface area contributed by atoms with Crippen molar-refractivity contribution in [2.24, 2.45) is 0 Å². The lowest BCUT2D eigenvalue weighted by atomic mass is 9.81. The predicted molar refractivity (Wildman–Crippen MR) is 125 cm³/mol. The summed E-state index contributed by atoms with van der Waals surface area (Å²) in [7, 11) is 0. The first-order valence-electron chi connectivity index (χ1n) is 10.6. The van der Waals surface area contributed by atoms with Gasteiger partial charge in [-0.05, 0) is 46.9 Å². The molecule has 1 fully saturated rings. The summed E-state index contributed by atoms with van der Waals surface area (Å²) in [5.41, 5.74) is 3.02. The fourth-order valence-corrected chi connectivity index (χ4v) is 6.38. The van der Waals surface area contributed by atoms with E-state index in [4.69, 9.17) is 0 Å². The Morgan fingerprint density at radius 1 is 0.893 bits per heavy atom. The Morgan fingerprint density at radius 2 is 1.39 bits per heavy atom. The van der Waals surface area contributed by atoms with Crippen LogP contribution in [-0.4, -0.2) is 27.3 Å². The van der Waals surface area contributed by atoms with E-state index < -0.39 is 5.97 Å². The molecule has 0 aliphatic heterocycles. The van der Waals surface area contributed by atoms with Gasteiger partial charge in [0, 0.05) is 15.4 Å². The highest BCUT2D eigenvalue weighted by atomic mass is 32.2. The molecule has 1 aromatic rings. The molecule has 2 rings (SSSR count). The smallest absolute Gasteiger partial charge is 0.313 e. The average Bonchev–Trinajstić information content (AvgIpc) is 2.55. The molecule has 1 saturated carbocycles. The Kier molecular flexibility index (Phi) is 8.39. The molecule has 0 radical (unpaired) electrons. The predicted octanol–water partition coefficient (Wildman–Crippen LogP) is 7.28. The van der Waals surface area contributed by atoms with Gasteiger partial charge in [0.25, 0.3) is 0 Å². The molecule has 2 atom stereocenters. The lowest BCUT2D eigenvalue weighted by Gasteiger charge is -2.30. The van der Waals surface area contributed by atoms with Crippen molar-refractivity contribution in [3.63, 3.8) is 0 Å². The number of carbonyl (C=O) groups is 1. The summed E-state index contributed by atoms with van der Waals surface area (Å²) in [6, 6.07) is 7.12. The Hall–Kier alpha value is -0.610. The van der Waals surface area contributed by atoms with Crippen molar-refractivity contribution in [3.05, 3.63) is 29.3 Å². The summed E-state index contributed by atoms with van der Waals surface area (Å²) < 4.78 is 0. The monoisotopic (exact) mass is 422 g/mol. The van der Waals surface area contributed by atoms with Crippen LogP contribution in [0.15, 0.2) is 23.1 Å². The van der Waals surface area contributed by atoms with E-state index in [0.717, 1.165) is 6.42 Å². The molecule has 0 saturated heterocycles. The SMILES string of the molecule is CC(C)(C)c1cc(S[C@H]2CCCCCC[C@@H]2SCC(=O)O)cc(C(C)(C)C)c1. The summed E-state index contributed by atoms with van der Waals surface area (Å²) in [6.45, 7) is 13.7. The number of benzene rings is 1. The normalized spacial score (nSPS) is 21.8. The number of aliphatic carboxylic acids is 1. The lowest BCUT2D eigenvalue weighted by Crippen LogP contribution is -2.24. The van der Waals surface area contributed by atoms with E-state index in [2.05, 4.69) is 59.7 Å². The zero-order chi connectivity index (χ0) is 20.9. The van der Waals surface area contributed by atoms with Gasteiger partial charge in [0.15, 0.2) is 0 Å². The Morgan fingerprint density at radius 3 is 1.86 bits per heavy atom. The molecule has 2 nitrogen and oxygen atoms in total.